The second kappa shape index (κ2) is 13.9. The summed E-state index contributed by atoms with van der Waals surface area (Å²) in [6.07, 6.45) is 5.15. The molecule has 5 rings (SSSR count). The van der Waals surface area contributed by atoms with E-state index in [2.05, 4.69) is 18.0 Å². The summed E-state index contributed by atoms with van der Waals surface area (Å²) in [6.45, 7) is 5.20. The topological polar surface area (TPSA) is 98.2 Å². The van der Waals surface area contributed by atoms with Crippen molar-refractivity contribution in [2.45, 2.75) is 45.9 Å². The summed E-state index contributed by atoms with van der Waals surface area (Å²) < 4.78 is 17.5. The van der Waals surface area contributed by atoms with Gasteiger partial charge in [0.1, 0.15) is 18.1 Å². The third kappa shape index (κ3) is 6.75. The van der Waals surface area contributed by atoms with Gasteiger partial charge < -0.3 is 24.2 Å². The highest BCUT2D eigenvalue weighted by molar-refractivity contribution is 6.46. The normalized spacial score (nSPS) is 15.8. The predicted molar refractivity (Wildman–Crippen MR) is 167 cm³/mol. The third-order valence-corrected chi connectivity index (χ3v) is 7.52. The van der Waals surface area contributed by atoms with E-state index in [0.717, 1.165) is 29.5 Å². The lowest BCUT2D eigenvalue weighted by Crippen LogP contribution is -2.29. The second-order valence-corrected chi connectivity index (χ2v) is 10.7. The van der Waals surface area contributed by atoms with Gasteiger partial charge in [-0.1, -0.05) is 49.2 Å². The molecule has 2 heterocycles. The molecule has 1 amide bonds. The number of amides is 1. The smallest absolute Gasteiger partial charge is 0.295 e. The van der Waals surface area contributed by atoms with E-state index in [4.69, 9.17) is 14.2 Å². The number of Topliss-reactive ketones (excluding diaryl/α,β-unsaturated/α-hetero) is 1. The molecule has 1 atom stereocenters. The lowest BCUT2D eigenvalue weighted by molar-refractivity contribution is -0.140. The number of aliphatic hydroxyl groups is 1. The molecule has 1 aliphatic rings. The first-order valence-corrected chi connectivity index (χ1v) is 14.7. The van der Waals surface area contributed by atoms with Gasteiger partial charge in [0.25, 0.3) is 11.7 Å². The van der Waals surface area contributed by atoms with Gasteiger partial charge in [-0.2, -0.15) is 0 Å². The molecule has 1 saturated heterocycles. The maximum absolute atomic E-state index is 13.6. The van der Waals surface area contributed by atoms with Gasteiger partial charge in [-0.15, -0.1) is 0 Å². The molecule has 226 valence electrons. The average molecular weight is 593 g/mol. The fourth-order valence-corrected chi connectivity index (χ4v) is 5.21. The molecule has 1 fully saturated rings. The predicted octanol–water partition coefficient (Wildman–Crippen LogP) is 6.78. The van der Waals surface area contributed by atoms with Crippen molar-refractivity contribution >= 4 is 17.4 Å². The molecule has 4 aromatic rings. The summed E-state index contributed by atoms with van der Waals surface area (Å²) >= 11 is 0. The number of unbranched alkanes of at least 4 members (excludes halogenated alkanes) is 1. The van der Waals surface area contributed by atoms with Crippen LogP contribution >= 0.6 is 0 Å². The highest BCUT2D eigenvalue weighted by atomic mass is 16.5. The van der Waals surface area contributed by atoms with E-state index < -0.39 is 17.7 Å². The standard InChI is InChI=1S/C36H36N2O6/c1-4-5-19-43-30-14-11-28(21-31(30)42-3)33-32(35(40)36(41)38(33)22-25-15-17-37-18-16-25)34(39)27-9-12-29(13-10-27)44-23-26-8-6-7-24(2)20-26/h6-18,20-21,33,39H,4-5,19,22-23H2,1-3H3/b34-32+. The van der Waals surface area contributed by atoms with Crippen LogP contribution in [0.5, 0.6) is 17.2 Å². The van der Waals surface area contributed by atoms with Gasteiger partial charge in [0.15, 0.2) is 11.5 Å². The number of aliphatic hydroxyl groups excluding tert-OH is 1. The number of hydrogen-bond donors (Lipinski definition) is 1. The molecule has 1 unspecified atom stereocenters. The van der Waals surface area contributed by atoms with Crippen LogP contribution in [-0.4, -0.2) is 40.4 Å². The zero-order chi connectivity index (χ0) is 31.1. The van der Waals surface area contributed by atoms with Gasteiger partial charge >= 0.3 is 0 Å². The number of aromatic nitrogens is 1. The molecule has 3 aromatic carbocycles. The van der Waals surface area contributed by atoms with Gasteiger partial charge in [-0.05, 0) is 78.6 Å². The molecule has 8 nitrogen and oxygen atoms in total. The lowest BCUT2D eigenvalue weighted by Gasteiger charge is -2.26. The minimum Gasteiger partial charge on any atom is -0.507 e. The number of carbonyl (C=O) groups is 2. The molecule has 1 aliphatic heterocycles. The molecule has 0 saturated carbocycles. The van der Waals surface area contributed by atoms with Crippen LogP contribution in [0.2, 0.25) is 0 Å². The fraction of sp³-hybridized carbons (Fsp3) is 0.250. The number of likely N-dealkylation sites (tertiary alicyclic amines) is 1. The maximum atomic E-state index is 13.6. The number of benzene rings is 3. The fourth-order valence-electron chi connectivity index (χ4n) is 5.21. The number of pyridine rings is 1. The van der Waals surface area contributed by atoms with Crippen LogP contribution in [0.3, 0.4) is 0 Å². The zero-order valence-corrected chi connectivity index (χ0v) is 25.2. The highest BCUT2D eigenvalue weighted by Crippen LogP contribution is 2.43. The van der Waals surface area contributed by atoms with Crippen LogP contribution in [0.1, 0.15) is 53.6 Å². The minimum absolute atomic E-state index is 0.000750. The van der Waals surface area contributed by atoms with Gasteiger partial charge in [0.05, 0.1) is 25.3 Å². The Morgan fingerprint density at radius 1 is 0.909 bits per heavy atom. The van der Waals surface area contributed by atoms with E-state index in [0.29, 0.717) is 41.6 Å². The number of ether oxygens (including phenoxy) is 3. The van der Waals surface area contributed by atoms with E-state index in [1.165, 1.54) is 4.90 Å². The number of hydrogen-bond acceptors (Lipinski definition) is 7. The molecule has 0 aliphatic carbocycles. The van der Waals surface area contributed by atoms with Crippen LogP contribution < -0.4 is 14.2 Å². The minimum atomic E-state index is -0.862. The zero-order valence-electron chi connectivity index (χ0n) is 25.2. The molecule has 0 bridgehead atoms. The molecule has 1 N–H and O–H groups in total. The summed E-state index contributed by atoms with van der Waals surface area (Å²) in [5.41, 5.74) is 4.00. The molecular formula is C36H36N2O6. The van der Waals surface area contributed by atoms with Crippen LogP contribution in [0.4, 0.5) is 0 Å². The van der Waals surface area contributed by atoms with E-state index in [1.54, 1.807) is 74.1 Å². The Hall–Kier alpha value is -5.11. The largest absolute Gasteiger partial charge is 0.507 e. The Morgan fingerprint density at radius 3 is 2.39 bits per heavy atom. The monoisotopic (exact) mass is 592 g/mol. The van der Waals surface area contributed by atoms with E-state index in [1.807, 2.05) is 25.1 Å². The van der Waals surface area contributed by atoms with E-state index in [9.17, 15) is 14.7 Å². The van der Waals surface area contributed by atoms with Crippen molar-refractivity contribution in [3.05, 3.63) is 125 Å². The van der Waals surface area contributed by atoms with Crippen molar-refractivity contribution in [2.24, 2.45) is 0 Å². The Labute approximate surface area is 257 Å². The Balaban J connectivity index is 1.49. The lowest BCUT2D eigenvalue weighted by atomic mass is 9.94. The SMILES string of the molecule is CCCCOc1ccc(C2/C(=C(\O)c3ccc(OCc4cccc(C)c4)cc3)C(=O)C(=O)N2Cc2ccncc2)cc1OC. The van der Waals surface area contributed by atoms with Crippen molar-refractivity contribution in [3.63, 3.8) is 0 Å². The number of ketones is 1. The number of rotatable bonds is 12. The van der Waals surface area contributed by atoms with E-state index in [-0.39, 0.29) is 17.9 Å². The van der Waals surface area contributed by atoms with Gasteiger partial charge in [-0.25, -0.2) is 0 Å². The number of nitrogens with zero attached hydrogens (tertiary/aromatic N) is 2. The Bertz CT molecular complexity index is 1650. The second-order valence-electron chi connectivity index (χ2n) is 10.7. The van der Waals surface area contributed by atoms with E-state index >= 15 is 0 Å². The Kier molecular flexibility index (Phi) is 9.59. The molecule has 1 aromatic heterocycles. The highest BCUT2D eigenvalue weighted by Gasteiger charge is 2.46. The van der Waals surface area contributed by atoms with Crippen LogP contribution in [0, 0.1) is 6.92 Å². The first-order chi connectivity index (χ1) is 21.4. The molecule has 44 heavy (non-hydrogen) atoms. The molecule has 0 radical (unpaired) electrons. The Morgan fingerprint density at radius 2 is 1.68 bits per heavy atom. The first kappa shape index (κ1) is 30.4. The van der Waals surface area contributed by atoms with Crippen molar-refractivity contribution in [3.8, 4) is 17.2 Å². The van der Waals surface area contributed by atoms with Crippen LogP contribution in [-0.2, 0) is 22.7 Å². The van der Waals surface area contributed by atoms with Crippen molar-refractivity contribution < 1.29 is 28.9 Å². The summed E-state index contributed by atoms with van der Waals surface area (Å²) in [5.74, 6) is -0.0725. The third-order valence-electron chi connectivity index (χ3n) is 7.52. The van der Waals surface area contributed by atoms with Crippen molar-refractivity contribution in [2.75, 3.05) is 13.7 Å². The summed E-state index contributed by atoms with van der Waals surface area (Å²) in [7, 11) is 1.54. The van der Waals surface area contributed by atoms with Gasteiger partial charge in [-0.3, -0.25) is 14.6 Å². The average Bonchev–Trinajstić information content (AvgIpc) is 3.29. The summed E-state index contributed by atoms with van der Waals surface area (Å²) in [5, 5.41) is 11.6. The maximum Gasteiger partial charge on any atom is 0.295 e. The molecular weight excluding hydrogens is 556 g/mol. The summed E-state index contributed by atoms with van der Waals surface area (Å²) in [4.78, 5) is 32.5. The number of carbonyl (C=O) groups excluding carboxylic acids is 2. The van der Waals surface area contributed by atoms with Gasteiger partial charge in [0, 0.05) is 24.5 Å². The quantitative estimate of drug-likeness (QED) is 0.0838. The number of aryl methyl sites for hydroxylation is 1. The van der Waals surface area contributed by atoms with Crippen LogP contribution in [0.15, 0.2) is 96.8 Å². The summed E-state index contributed by atoms with van der Waals surface area (Å²) in [6, 6.07) is 22.9. The first-order valence-electron chi connectivity index (χ1n) is 14.7. The molecule has 0 spiro atoms. The van der Waals surface area contributed by atoms with Crippen molar-refractivity contribution in [1.82, 2.24) is 9.88 Å². The number of methoxy groups -OCH3 is 1. The molecule has 8 heteroatoms. The van der Waals surface area contributed by atoms with Crippen LogP contribution in [0.25, 0.3) is 5.76 Å². The van der Waals surface area contributed by atoms with Crippen molar-refractivity contribution in [1.29, 1.82) is 0 Å². The van der Waals surface area contributed by atoms with Gasteiger partial charge in [0.2, 0.25) is 0 Å².